The Hall–Kier alpha value is -4.65. The number of rotatable bonds is 19. The quantitative estimate of drug-likeness (QED) is 0.0465. The number of hydroxylamine groups is 2. The average Bonchev–Trinajstić information content (AvgIpc) is 3.57. The molecule has 4 N–H and O–H groups in total. The minimum Gasteiger partial charge on any atom is -0.497 e. The summed E-state index contributed by atoms with van der Waals surface area (Å²) in [4.78, 5) is 75.9. The Morgan fingerprint density at radius 3 is 2.31 bits per heavy atom. The molecule has 0 aliphatic carbocycles. The zero-order valence-corrected chi connectivity index (χ0v) is 28.2. The van der Waals surface area contributed by atoms with Crippen LogP contribution in [-0.4, -0.2) is 65.5 Å². The van der Waals surface area contributed by atoms with E-state index in [2.05, 4.69) is 10.6 Å². The van der Waals surface area contributed by atoms with Gasteiger partial charge in [-0.05, 0) is 74.4 Å². The number of furan rings is 1. The number of hydrogen-bond acceptors (Lipinski definition) is 9. The summed E-state index contributed by atoms with van der Waals surface area (Å²) < 4.78 is 28.1. The van der Waals surface area contributed by atoms with Crippen molar-refractivity contribution in [1.82, 2.24) is 15.7 Å². The molecule has 0 spiro atoms. The molecule has 0 saturated carbocycles. The summed E-state index contributed by atoms with van der Waals surface area (Å²) in [5.74, 6) is -1.82. The summed E-state index contributed by atoms with van der Waals surface area (Å²) in [6.45, 7) is 5.50. The first-order chi connectivity index (χ1) is 22.9. The molecule has 2 aromatic carbocycles. The number of methoxy groups -OCH3 is 1. The molecule has 0 fully saturated rings. The molecule has 15 heteroatoms. The molecule has 0 aliphatic rings. The van der Waals surface area contributed by atoms with Gasteiger partial charge in [-0.15, -0.1) is 0 Å². The molecule has 3 amide bonds. The van der Waals surface area contributed by atoms with Crippen LogP contribution < -0.4 is 25.4 Å². The van der Waals surface area contributed by atoms with Gasteiger partial charge in [-0.1, -0.05) is 33.1 Å². The van der Waals surface area contributed by atoms with Crippen LogP contribution >= 0.6 is 7.60 Å². The molecule has 3 aromatic rings. The van der Waals surface area contributed by atoms with E-state index >= 15 is 0 Å². The molecule has 3 rings (SSSR count). The SMILES string of the molecule is CCCCC[C@@H](C(=O)NCNC(=O)c1ccc(-c2cc(OCC)cc(P(=O)(O)O)c2)o1)[C@@H](CC)N(C=O)OC(=O)c1ccc(OC)cc1. The van der Waals surface area contributed by atoms with E-state index in [1.807, 2.05) is 6.92 Å². The molecule has 48 heavy (non-hydrogen) atoms. The Kier molecular flexibility index (Phi) is 14.2. The van der Waals surface area contributed by atoms with Gasteiger partial charge >= 0.3 is 13.6 Å². The second-order valence-corrected chi connectivity index (χ2v) is 12.3. The van der Waals surface area contributed by atoms with Crippen LogP contribution in [0.4, 0.5) is 0 Å². The zero-order chi connectivity index (χ0) is 35.3. The number of ether oxygens (including phenoxy) is 2. The van der Waals surface area contributed by atoms with Crippen molar-refractivity contribution in [3.05, 3.63) is 65.9 Å². The van der Waals surface area contributed by atoms with Gasteiger partial charge in [0.25, 0.3) is 5.91 Å². The van der Waals surface area contributed by atoms with E-state index in [0.717, 1.165) is 17.9 Å². The standard InChI is InChI=1S/C33H42N3O11P/c1-5-8-9-10-27(28(6-2)36(21-37)47-33(40)22-11-13-24(44-4)14-12-22)31(38)34-20-35-32(39)30-16-15-29(46-30)23-17-25(45-7-3)19-26(18-23)48(41,42)43/h11-19,21,27-28H,5-10,20H2,1-4H3,(H,34,38)(H,35,39)(H2,41,42,43)/t27-,28-/m1/s1. The Bertz CT molecular complexity index is 1590. The predicted octanol–water partition coefficient (Wildman–Crippen LogP) is 4.17. The van der Waals surface area contributed by atoms with E-state index in [-0.39, 0.29) is 41.4 Å². The largest absolute Gasteiger partial charge is 0.497 e. The highest BCUT2D eigenvalue weighted by molar-refractivity contribution is 7.60. The number of benzene rings is 2. The van der Waals surface area contributed by atoms with Crippen molar-refractivity contribution in [1.29, 1.82) is 0 Å². The van der Waals surface area contributed by atoms with Crippen LogP contribution in [0.3, 0.4) is 0 Å². The monoisotopic (exact) mass is 687 g/mol. The fraction of sp³-hybridized carbons (Fsp3) is 0.394. The molecular weight excluding hydrogens is 645 g/mol. The Morgan fingerprint density at radius 1 is 0.979 bits per heavy atom. The second-order valence-electron chi connectivity index (χ2n) is 10.7. The highest BCUT2D eigenvalue weighted by Crippen LogP contribution is 2.37. The lowest BCUT2D eigenvalue weighted by molar-refractivity contribution is -0.171. The first-order valence-electron chi connectivity index (χ1n) is 15.6. The first-order valence-corrected chi connectivity index (χ1v) is 17.2. The first kappa shape index (κ1) is 37.8. The molecule has 0 saturated heterocycles. The van der Waals surface area contributed by atoms with E-state index in [0.29, 0.717) is 37.0 Å². The van der Waals surface area contributed by atoms with E-state index in [4.69, 9.17) is 18.7 Å². The van der Waals surface area contributed by atoms with Crippen LogP contribution in [-0.2, 0) is 19.0 Å². The summed E-state index contributed by atoms with van der Waals surface area (Å²) in [6, 6.07) is 12.3. The molecule has 2 atom stereocenters. The number of unbranched alkanes of at least 4 members (excludes halogenated alkanes) is 2. The molecular formula is C33H42N3O11P. The lowest BCUT2D eigenvalue weighted by atomic mass is 9.90. The molecule has 14 nitrogen and oxygen atoms in total. The normalized spacial score (nSPS) is 12.4. The van der Waals surface area contributed by atoms with Gasteiger partial charge in [-0.2, -0.15) is 5.06 Å². The van der Waals surface area contributed by atoms with Gasteiger partial charge in [0.1, 0.15) is 17.3 Å². The summed E-state index contributed by atoms with van der Waals surface area (Å²) in [7, 11) is -3.11. The number of hydrogen-bond donors (Lipinski definition) is 4. The Labute approximate surface area is 278 Å². The van der Waals surface area contributed by atoms with Crippen molar-refractivity contribution in [2.75, 3.05) is 20.4 Å². The van der Waals surface area contributed by atoms with Gasteiger partial charge in [-0.3, -0.25) is 18.9 Å². The van der Waals surface area contributed by atoms with Crippen LogP contribution in [0.1, 0.15) is 73.8 Å². The van der Waals surface area contributed by atoms with E-state index in [1.54, 1.807) is 26.0 Å². The third-order valence-corrected chi connectivity index (χ3v) is 8.38. The lowest BCUT2D eigenvalue weighted by Crippen LogP contribution is -2.49. The van der Waals surface area contributed by atoms with Crippen LogP contribution in [0.2, 0.25) is 0 Å². The third kappa shape index (κ3) is 10.4. The van der Waals surface area contributed by atoms with E-state index in [1.165, 1.54) is 49.6 Å². The van der Waals surface area contributed by atoms with Crippen LogP contribution in [0, 0.1) is 5.92 Å². The zero-order valence-electron chi connectivity index (χ0n) is 27.3. The molecule has 1 heterocycles. The number of carbonyl (C=O) groups excluding carboxylic acids is 4. The van der Waals surface area contributed by atoms with Crippen molar-refractivity contribution < 1.29 is 52.3 Å². The van der Waals surface area contributed by atoms with E-state index < -0.39 is 37.3 Å². The predicted molar refractivity (Wildman–Crippen MR) is 175 cm³/mol. The van der Waals surface area contributed by atoms with E-state index in [9.17, 15) is 33.5 Å². The number of carbonyl (C=O) groups is 4. The maximum atomic E-state index is 13.4. The molecule has 0 bridgehead atoms. The van der Waals surface area contributed by atoms with Crippen molar-refractivity contribution in [3.63, 3.8) is 0 Å². The fourth-order valence-corrected chi connectivity index (χ4v) is 5.59. The lowest BCUT2D eigenvalue weighted by Gasteiger charge is -2.31. The highest BCUT2D eigenvalue weighted by Gasteiger charge is 2.33. The minimum absolute atomic E-state index is 0.109. The minimum atomic E-state index is -4.60. The topological polar surface area (TPSA) is 194 Å². The van der Waals surface area contributed by atoms with Crippen LogP contribution in [0.5, 0.6) is 11.5 Å². The van der Waals surface area contributed by atoms with Crippen LogP contribution in [0.15, 0.2) is 59.0 Å². The summed E-state index contributed by atoms with van der Waals surface area (Å²) >= 11 is 0. The summed E-state index contributed by atoms with van der Waals surface area (Å²) in [5, 5.41) is 5.83. The van der Waals surface area contributed by atoms with Gasteiger partial charge in [0, 0.05) is 5.56 Å². The van der Waals surface area contributed by atoms with Gasteiger partial charge in [0.2, 0.25) is 12.3 Å². The summed E-state index contributed by atoms with van der Waals surface area (Å²) in [5.41, 5.74) is 0.483. The molecule has 0 unspecified atom stereocenters. The van der Waals surface area contributed by atoms with Gasteiger partial charge in [-0.25, -0.2) is 4.79 Å². The summed E-state index contributed by atoms with van der Waals surface area (Å²) in [6.07, 6.45) is 3.49. The number of amides is 3. The molecule has 1 aromatic heterocycles. The second kappa shape index (κ2) is 18.0. The van der Waals surface area contributed by atoms with Crippen molar-refractivity contribution >= 4 is 37.1 Å². The van der Waals surface area contributed by atoms with Gasteiger partial charge < -0.3 is 39.1 Å². The van der Waals surface area contributed by atoms with Crippen LogP contribution in [0.25, 0.3) is 11.3 Å². The Balaban J connectivity index is 1.69. The molecule has 260 valence electrons. The highest BCUT2D eigenvalue weighted by atomic mass is 31.2. The van der Waals surface area contributed by atoms with Crippen molar-refractivity contribution in [2.45, 2.75) is 58.9 Å². The average molecular weight is 688 g/mol. The Morgan fingerprint density at radius 2 is 1.71 bits per heavy atom. The maximum Gasteiger partial charge on any atom is 0.363 e. The number of nitrogens with one attached hydrogen (secondary N) is 2. The van der Waals surface area contributed by atoms with Gasteiger partial charge in [0.15, 0.2) is 5.76 Å². The third-order valence-electron chi connectivity index (χ3n) is 7.45. The van der Waals surface area contributed by atoms with Crippen molar-refractivity contribution in [2.24, 2.45) is 5.92 Å². The fourth-order valence-electron chi connectivity index (χ4n) is 4.99. The maximum absolute atomic E-state index is 13.4. The molecule has 0 radical (unpaired) electrons. The number of nitrogens with zero attached hydrogens (tertiary/aromatic N) is 1. The van der Waals surface area contributed by atoms with Gasteiger partial charge in [0.05, 0.1) is 43.2 Å². The smallest absolute Gasteiger partial charge is 0.363 e. The molecule has 0 aliphatic heterocycles. The van der Waals surface area contributed by atoms with Crippen molar-refractivity contribution in [3.8, 4) is 22.8 Å².